The van der Waals surface area contributed by atoms with Crippen LogP contribution in [0.4, 0.5) is 0 Å². The molecular weight excluding hydrogens is 182 g/mol. The summed E-state index contributed by atoms with van der Waals surface area (Å²) in [5, 5.41) is 11.8. The summed E-state index contributed by atoms with van der Waals surface area (Å²) in [7, 11) is 0. The van der Waals surface area contributed by atoms with Gasteiger partial charge in [0, 0.05) is 12.3 Å². The van der Waals surface area contributed by atoms with E-state index in [1.54, 1.807) is 20.8 Å². The van der Waals surface area contributed by atoms with E-state index in [9.17, 15) is 14.7 Å². The largest absolute Gasteiger partial charge is 0.391 e. The lowest BCUT2D eigenvalue weighted by Crippen LogP contribution is -2.50. The summed E-state index contributed by atoms with van der Waals surface area (Å²) >= 11 is 0. The van der Waals surface area contributed by atoms with Crippen LogP contribution in [0.2, 0.25) is 0 Å². The molecule has 2 N–H and O–H groups in total. The van der Waals surface area contributed by atoms with Gasteiger partial charge in [-0.15, -0.1) is 0 Å². The molecule has 0 radical (unpaired) electrons. The van der Waals surface area contributed by atoms with Gasteiger partial charge in [0.25, 0.3) is 0 Å². The fraction of sp³-hybridized carbons (Fsp3) is 0.800. The van der Waals surface area contributed by atoms with Crippen molar-refractivity contribution < 1.29 is 14.7 Å². The maximum atomic E-state index is 11.8. The Balaban J connectivity index is 4.67. The molecule has 0 spiro atoms. The Morgan fingerprint density at radius 3 is 1.93 bits per heavy atom. The molecule has 0 aromatic rings. The van der Waals surface area contributed by atoms with Crippen LogP contribution in [0.1, 0.15) is 34.6 Å². The first-order valence-electron chi connectivity index (χ1n) is 4.65. The minimum atomic E-state index is -0.870. The molecule has 0 fully saturated rings. The predicted molar refractivity (Wildman–Crippen MR) is 53.7 cm³/mol. The van der Waals surface area contributed by atoms with Gasteiger partial charge in [-0.25, -0.2) is 0 Å². The number of carbonyl (C=O) groups is 2. The molecule has 0 aliphatic heterocycles. The van der Waals surface area contributed by atoms with Gasteiger partial charge in [-0.05, 0) is 6.92 Å². The van der Waals surface area contributed by atoms with Gasteiger partial charge in [0.05, 0.1) is 6.10 Å². The second kappa shape index (κ2) is 4.55. The van der Waals surface area contributed by atoms with E-state index < -0.39 is 17.6 Å². The second-order valence-corrected chi connectivity index (χ2v) is 4.53. The molecule has 0 aromatic heterocycles. The topological polar surface area (TPSA) is 66.4 Å². The van der Waals surface area contributed by atoms with Crippen molar-refractivity contribution in [2.75, 3.05) is 0 Å². The number of amides is 1. The highest BCUT2D eigenvalue weighted by molar-refractivity contribution is 5.92. The number of aliphatic hydroxyl groups excluding tert-OH is 1. The molecule has 0 aromatic carbocycles. The fourth-order valence-electron chi connectivity index (χ4n) is 1.09. The van der Waals surface area contributed by atoms with Crippen molar-refractivity contribution in [1.82, 2.24) is 5.32 Å². The highest BCUT2D eigenvalue weighted by Gasteiger charge is 2.32. The van der Waals surface area contributed by atoms with E-state index in [1.165, 1.54) is 13.8 Å². The van der Waals surface area contributed by atoms with Crippen LogP contribution in [0.5, 0.6) is 0 Å². The number of hydrogen-bond acceptors (Lipinski definition) is 3. The summed E-state index contributed by atoms with van der Waals surface area (Å²) in [5.74, 6) is -0.476. The third-order valence-corrected chi connectivity index (χ3v) is 1.86. The first kappa shape index (κ1) is 13.1. The minimum Gasteiger partial charge on any atom is -0.391 e. The quantitative estimate of drug-likeness (QED) is 0.698. The van der Waals surface area contributed by atoms with Gasteiger partial charge in [-0.2, -0.15) is 0 Å². The molecule has 0 heterocycles. The van der Waals surface area contributed by atoms with E-state index in [0.717, 1.165) is 0 Å². The zero-order valence-corrected chi connectivity index (χ0v) is 9.42. The van der Waals surface area contributed by atoms with E-state index in [4.69, 9.17) is 0 Å². The average Bonchev–Trinajstić information content (AvgIpc) is 1.96. The maximum absolute atomic E-state index is 11.8. The highest BCUT2D eigenvalue weighted by atomic mass is 16.3. The van der Waals surface area contributed by atoms with Gasteiger partial charge >= 0.3 is 0 Å². The van der Waals surface area contributed by atoms with Crippen LogP contribution in [-0.2, 0) is 9.59 Å². The monoisotopic (exact) mass is 201 g/mol. The first-order valence-corrected chi connectivity index (χ1v) is 4.65. The number of rotatable bonds is 3. The maximum Gasteiger partial charge on any atom is 0.217 e. The van der Waals surface area contributed by atoms with E-state index >= 15 is 0 Å². The molecule has 0 aliphatic carbocycles. The van der Waals surface area contributed by atoms with Crippen molar-refractivity contribution in [1.29, 1.82) is 0 Å². The Bertz CT molecular complexity index is 228. The third-order valence-electron chi connectivity index (χ3n) is 1.86. The number of nitrogens with one attached hydrogen (secondary N) is 1. The molecule has 82 valence electrons. The Morgan fingerprint density at radius 1 is 1.29 bits per heavy atom. The predicted octanol–water partition coefficient (Wildman–Crippen LogP) is 0.487. The summed E-state index contributed by atoms with van der Waals surface area (Å²) < 4.78 is 0. The number of Topliss-reactive ketones (excluding diaryl/α,β-unsaturated/α-hetero) is 1. The van der Waals surface area contributed by atoms with Crippen LogP contribution in [0.3, 0.4) is 0 Å². The van der Waals surface area contributed by atoms with E-state index in [0.29, 0.717) is 0 Å². The molecular formula is C10H19NO3. The van der Waals surface area contributed by atoms with Crippen molar-refractivity contribution in [3.63, 3.8) is 0 Å². The Morgan fingerprint density at radius 2 is 1.71 bits per heavy atom. The molecule has 0 saturated heterocycles. The standard InChI is InChI=1S/C10H19NO3/c1-6(12)8(11-7(2)13)9(14)10(3,4)5/h6,8,12H,1-5H3,(H,11,13)/t6-,8+/m1/s1. The fourth-order valence-corrected chi connectivity index (χ4v) is 1.09. The van der Waals surface area contributed by atoms with E-state index in [1.807, 2.05) is 0 Å². The number of carbonyl (C=O) groups excluding carboxylic acids is 2. The molecule has 1 amide bonds. The summed E-state index contributed by atoms with van der Waals surface area (Å²) in [6.07, 6.45) is -0.870. The van der Waals surface area contributed by atoms with Gasteiger partial charge in [0.2, 0.25) is 5.91 Å². The molecule has 0 unspecified atom stereocenters. The lowest BCUT2D eigenvalue weighted by molar-refractivity contribution is -0.134. The van der Waals surface area contributed by atoms with Crippen molar-refractivity contribution in [3.8, 4) is 0 Å². The molecule has 4 nitrogen and oxygen atoms in total. The summed E-state index contributed by atoms with van der Waals surface area (Å²) in [6, 6.07) is -0.813. The number of aliphatic hydroxyl groups is 1. The number of hydrogen-bond donors (Lipinski definition) is 2. The Labute approximate surface area is 84.7 Å². The molecule has 14 heavy (non-hydrogen) atoms. The van der Waals surface area contributed by atoms with Crippen molar-refractivity contribution >= 4 is 11.7 Å². The molecule has 4 heteroatoms. The van der Waals surface area contributed by atoms with Gasteiger partial charge in [-0.1, -0.05) is 20.8 Å². The van der Waals surface area contributed by atoms with E-state index in [-0.39, 0.29) is 11.7 Å². The normalized spacial score (nSPS) is 15.9. The number of ketones is 1. The molecule has 0 bridgehead atoms. The second-order valence-electron chi connectivity index (χ2n) is 4.53. The SMILES string of the molecule is CC(=O)N[C@H](C(=O)C(C)(C)C)[C@@H](C)O. The lowest BCUT2D eigenvalue weighted by Gasteiger charge is -2.26. The summed E-state index contributed by atoms with van der Waals surface area (Å²) in [5.41, 5.74) is -0.565. The Hall–Kier alpha value is -0.900. The van der Waals surface area contributed by atoms with Crippen LogP contribution in [0.25, 0.3) is 0 Å². The molecule has 2 atom stereocenters. The first-order chi connectivity index (χ1) is 6.16. The van der Waals surface area contributed by atoms with Gasteiger partial charge in [0.1, 0.15) is 6.04 Å². The molecule has 0 aliphatic rings. The van der Waals surface area contributed by atoms with Gasteiger partial charge in [0.15, 0.2) is 5.78 Å². The van der Waals surface area contributed by atoms with Gasteiger partial charge in [-0.3, -0.25) is 9.59 Å². The van der Waals surface area contributed by atoms with E-state index in [2.05, 4.69) is 5.32 Å². The van der Waals surface area contributed by atoms with Crippen LogP contribution in [-0.4, -0.2) is 28.9 Å². The van der Waals surface area contributed by atoms with Crippen LogP contribution < -0.4 is 5.32 Å². The van der Waals surface area contributed by atoms with Gasteiger partial charge < -0.3 is 10.4 Å². The summed E-state index contributed by atoms with van der Waals surface area (Å²) in [6.45, 7) is 8.08. The Kier molecular flexibility index (Phi) is 4.26. The lowest BCUT2D eigenvalue weighted by atomic mass is 9.85. The smallest absolute Gasteiger partial charge is 0.217 e. The van der Waals surface area contributed by atoms with Crippen LogP contribution in [0.15, 0.2) is 0 Å². The molecule has 0 rings (SSSR count). The van der Waals surface area contributed by atoms with Crippen LogP contribution >= 0.6 is 0 Å². The summed E-state index contributed by atoms with van der Waals surface area (Å²) in [4.78, 5) is 22.6. The highest BCUT2D eigenvalue weighted by Crippen LogP contribution is 2.18. The van der Waals surface area contributed by atoms with Crippen LogP contribution in [0, 0.1) is 5.41 Å². The zero-order chi connectivity index (χ0) is 11.5. The third kappa shape index (κ3) is 3.87. The minimum absolute atomic E-state index is 0.164. The molecule has 0 saturated carbocycles. The van der Waals surface area contributed by atoms with Crippen molar-refractivity contribution in [3.05, 3.63) is 0 Å². The van der Waals surface area contributed by atoms with Crippen molar-refractivity contribution in [2.45, 2.75) is 46.8 Å². The van der Waals surface area contributed by atoms with Crippen molar-refractivity contribution in [2.24, 2.45) is 5.41 Å². The average molecular weight is 201 g/mol. The zero-order valence-electron chi connectivity index (χ0n) is 9.42.